The summed E-state index contributed by atoms with van der Waals surface area (Å²) < 4.78 is 1.59. The molecule has 1 aliphatic heterocycles. The van der Waals surface area contributed by atoms with Gasteiger partial charge in [-0.1, -0.05) is 0 Å². The highest BCUT2D eigenvalue weighted by atomic mass is 16.4. The quantitative estimate of drug-likeness (QED) is 0.728. The number of rotatable bonds is 2. The third-order valence-electron chi connectivity index (χ3n) is 2.59. The van der Waals surface area contributed by atoms with Crippen molar-refractivity contribution in [1.29, 1.82) is 0 Å². The maximum absolute atomic E-state index is 11.5. The zero-order valence-corrected chi connectivity index (χ0v) is 8.41. The van der Waals surface area contributed by atoms with Crippen LogP contribution in [0.5, 0.6) is 0 Å². The minimum absolute atomic E-state index is 0.0472. The van der Waals surface area contributed by atoms with E-state index in [4.69, 9.17) is 5.11 Å². The fourth-order valence-electron chi connectivity index (χ4n) is 1.89. The van der Waals surface area contributed by atoms with Crippen LogP contribution < -0.4 is 10.9 Å². The molecular formula is C10H12N2O3. The Bertz CT molecular complexity index is 476. The predicted molar refractivity (Wildman–Crippen MR) is 55.3 cm³/mol. The number of nitrogens with zero attached hydrogens (tertiary/aromatic N) is 1. The van der Waals surface area contributed by atoms with E-state index >= 15 is 0 Å². The number of hydrogen-bond acceptors (Lipinski definition) is 3. The highest BCUT2D eigenvalue weighted by Gasteiger charge is 2.19. The molecule has 1 aromatic heterocycles. The van der Waals surface area contributed by atoms with Crippen molar-refractivity contribution in [3.05, 3.63) is 27.5 Å². The molecule has 0 atom stereocenters. The Kier molecular flexibility index (Phi) is 2.22. The Hall–Kier alpha value is -1.78. The average Bonchev–Trinajstić information content (AvgIpc) is 2.60. The largest absolute Gasteiger partial charge is 0.481 e. The van der Waals surface area contributed by atoms with Crippen LogP contribution in [0.4, 0.5) is 5.82 Å². The lowest BCUT2D eigenvalue weighted by Gasteiger charge is -2.10. The summed E-state index contributed by atoms with van der Waals surface area (Å²) in [6, 6.07) is 1.49. The molecule has 0 unspecified atom stereocenters. The monoisotopic (exact) mass is 208 g/mol. The van der Waals surface area contributed by atoms with Gasteiger partial charge in [0.15, 0.2) is 0 Å². The number of fused-ring (bicyclic) bond motifs is 1. The molecule has 2 N–H and O–H groups in total. The van der Waals surface area contributed by atoms with Crippen LogP contribution in [0, 0.1) is 6.92 Å². The topological polar surface area (TPSA) is 71.3 Å². The Labute approximate surface area is 86.3 Å². The molecule has 15 heavy (non-hydrogen) atoms. The summed E-state index contributed by atoms with van der Waals surface area (Å²) in [7, 11) is 0. The number of aromatic nitrogens is 1. The van der Waals surface area contributed by atoms with Gasteiger partial charge < -0.3 is 10.4 Å². The molecule has 0 aromatic carbocycles. The lowest BCUT2D eigenvalue weighted by molar-refractivity contribution is -0.136. The number of nitrogens with one attached hydrogen (secondary N) is 1. The summed E-state index contributed by atoms with van der Waals surface area (Å²) >= 11 is 0. The number of carboxylic acid groups (broad SMARTS) is 1. The zero-order chi connectivity index (χ0) is 11.0. The standard InChI is InChI=1S/C10H12N2O3/c1-6-4-8(13)12-3-2-11-10(12)7(6)5-9(14)15/h4,11H,2-3,5H2,1H3,(H,14,15). The number of aliphatic carboxylic acids is 1. The van der Waals surface area contributed by atoms with Crippen LogP contribution in [0.2, 0.25) is 0 Å². The minimum atomic E-state index is -0.881. The van der Waals surface area contributed by atoms with E-state index in [1.165, 1.54) is 6.07 Å². The van der Waals surface area contributed by atoms with E-state index in [-0.39, 0.29) is 12.0 Å². The molecule has 0 saturated carbocycles. The normalized spacial score (nSPS) is 13.4. The summed E-state index contributed by atoms with van der Waals surface area (Å²) in [6.45, 7) is 3.06. The second kappa shape index (κ2) is 3.42. The first-order chi connectivity index (χ1) is 7.09. The van der Waals surface area contributed by atoms with E-state index < -0.39 is 5.97 Å². The van der Waals surface area contributed by atoms with Crippen molar-refractivity contribution in [1.82, 2.24) is 4.57 Å². The lowest BCUT2D eigenvalue weighted by Crippen LogP contribution is -2.20. The first-order valence-electron chi connectivity index (χ1n) is 4.78. The molecule has 5 heteroatoms. The number of hydrogen-bond donors (Lipinski definition) is 2. The average molecular weight is 208 g/mol. The van der Waals surface area contributed by atoms with Crippen LogP contribution in [0.15, 0.2) is 10.9 Å². The van der Waals surface area contributed by atoms with Gasteiger partial charge in [-0.15, -0.1) is 0 Å². The minimum Gasteiger partial charge on any atom is -0.481 e. The number of carboxylic acids is 1. The molecule has 0 saturated heterocycles. The Morgan fingerprint density at radius 1 is 1.67 bits per heavy atom. The highest BCUT2D eigenvalue weighted by Crippen LogP contribution is 2.21. The van der Waals surface area contributed by atoms with E-state index in [1.807, 2.05) is 0 Å². The molecule has 2 rings (SSSR count). The lowest BCUT2D eigenvalue weighted by atomic mass is 10.1. The zero-order valence-electron chi connectivity index (χ0n) is 8.41. The molecule has 0 amide bonds. The molecule has 1 aliphatic rings. The first kappa shape index (κ1) is 9.76. The van der Waals surface area contributed by atoms with Gasteiger partial charge in [0.05, 0.1) is 6.42 Å². The fourth-order valence-corrected chi connectivity index (χ4v) is 1.89. The van der Waals surface area contributed by atoms with Gasteiger partial charge in [0, 0.05) is 24.7 Å². The molecule has 0 radical (unpaired) electrons. The number of carbonyl (C=O) groups is 1. The first-order valence-corrected chi connectivity index (χ1v) is 4.78. The van der Waals surface area contributed by atoms with Crippen molar-refractivity contribution in [3.63, 3.8) is 0 Å². The third kappa shape index (κ3) is 1.60. The van der Waals surface area contributed by atoms with Crippen LogP contribution >= 0.6 is 0 Å². The van der Waals surface area contributed by atoms with Crippen molar-refractivity contribution in [3.8, 4) is 0 Å². The second-order valence-corrected chi connectivity index (χ2v) is 3.64. The van der Waals surface area contributed by atoms with Crippen LogP contribution in [0.1, 0.15) is 11.1 Å². The van der Waals surface area contributed by atoms with Crippen molar-refractivity contribution in [2.45, 2.75) is 19.9 Å². The van der Waals surface area contributed by atoms with Gasteiger partial charge in [0.2, 0.25) is 0 Å². The number of pyridine rings is 1. The van der Waals surface area contributed by atoms with Crippen molar-refractivity contribution in [2.75, 3.05) is 11.9 Å². The smallest absolute Gasteiger partial charge is 0.307 e. The van der Waals surface area contributed by atoms with E-state index in [0.717, 1.165) is 5.56 Å². The van der Waals surface area contributed by atoms with Gasteiger partial charge in [-0.25, -0.2) is 0 Å². The molecule has 0 fully saturated rings. The van der Waals surface area contributed by atoms with E-state index in [0.29, 0.717) is 24.5 Å². The highest BCUT2D eigenvalue weighted by molar-refractivity contribution is 5.73. The Morgan fingerprint density at radius 2 is 2.40 bits per heavy atom. The van der Waals surface area contributed by atoms with Gasteiger partial charge in [-0.3, -0.25) is 14.2 Å². The van der Waals surface area contributed by atoms with Gasteiger partial charge in [0.25, 0.3) is 5.56 Å². The summed E-state index contributed by atoms with van der Waals surface area (Å²) in [4.78, 5) is 22.2. The molecule has 0 aliphatic carbocycles. The Balaban J connectivity index is 2.59. The molecule has 2 heterocycles. The second-order valence-electron chi connectivity index (χ2n) is 3.64. The molecule has 5 nitrogen and oxygen atoms in total. The van der Waals surface area contributed by atoms with E-state index in [1.54, 1.807) is 11.5 Å². The van der Waals surface area contributed by atoms with Gasteiger partial charge in [-0.05, 0) is 12.5 Å². The fraction of sp³-hybridized carbons (Fsp3) is 0.400. The van der Waals surface area contributed by atoms with Crippen LogP contribution in [0.25, 0.3) is 0 Å². The van der Waals surface area contributed by atoms with Crippen LogP contribution in [-0.2, 0) is 17.8 Å². The summed E-state index contributed by atoms with van der Waals surface area (Å²) in [6.07, 6.45) is -0.0472. The molecule has 80 valence electrons. The van der Waals surface area contributed by atoms with Crippen molar-refractivity contribution >= 4 is 11.8 Å². The van der Waals surface area contributed by atoms with Crippen molar-refractivity contribution < 1.29 is 9.90 Å². The SMILES string of the molecule is Cc1cc(=O)n2c(c1CC(=O)O)NCC2. The van der Waals surface area contributed by atoms with Crippen LogP contribution in [-0.4, -0.2) is 22.2 Å². The maximum atomic E-state index is 11.5. The van der Waals surface area contributed by atoms with E-state index in [2.05, 4.69) is 5.32 Å². The Morgan fingerprint density at radius 3 is 3.07 bits per heavy atom. The summed E-state index contributed by atoms with van der Waals surface area (Å²) in [5.74, 6) is -0.212. The summed E-state index contributed by atoms with van der Waals surface area (Å²) in [5.41, 5.74) is 1.38. The molecular weight excluding hydrogens is 196 g/mol. The third-order valence-corrected chi connectivity index (χ3v) is 2.59. The number of aryl methyl sites for hydroxylation is 1. The van der Waals surface area contributed by atoms with E-state index in [9.17, 15) is 9.59 Å². The van der Waals surface area contributed by atoms with Crippen molar-refractivity contribution in [2.24, 2.45) is 0 Å². The molecule has 0 bridgehead atoms. The maximum Gasteiger partial charge on any atom is 0.307 e. The number of anilines is 1. The van der Waals surface area contributed by atoms with Gasteiger partial charge in [0.1, 0.15) is 5.82 Å². The molecule has 1 aromatic rings. The molecule has 0 spiro atoms. The van der Waals surface area contributed by atoms with Gasteiger partial charge in [-0.2, -0.15) is 0 Å². The van der Waals surface area contributed by atoms with Gasteiger partial charge >= 0.3 is 5.97 Å². The van der Waals surface area contributed by atoms with Crippen LogP contribution in [0.3, 0.4) is 0 Å². The predicted octanol–water partition coefficient (Wildman–Crippen LogP) is 0.209. The summed E-state index contributed by atoms with van der Waals surface area (Å²) in [5, 5.41) is 11.8.